The van der Waals surface area contributed by atoms with Crippen LogP contribution in [-0.4, -0.2) is 19.3 Å². The summed E-state index contributed by atoms with van der Waals surface area (Å²) in [4.78, 5) is 0. The minimum Gasteiger partial charge on any atom is -0.374 e. The van der Waals surface area contributed by atoms with E-state index in [1.807, 2.05) is 0 Å². The van der Waals surface area contributed by atoms with Gasteiger partial charge in [-0.3, -0.25) is 0 Å². The Hall–Kier alpha value is -0.640. The fraction of sp³-hybridized carbons (Fsp3) is 0.400. The van der Waals surface area contributed by atoms with Crippen LogP contribution in [0, 0.1) is 5.82 Å². The molecule has 2 nitrogen and oxygen atoms in total. The number of ether oxygens (including phenoxy) is 2. The van der Waals surface area contributed by atoms with Crippen molar-refractivity contribution in [3.8, 4) is 0 Å². The fourth-order valence-corrected chi connectivity index (χ4v) is 1.31. The van der Waals surface area contributed by atoms with E-state index in [1.165, 1.54) is 6.07 Å². The summed E-state index contributed by atoms with van der Waals surface area (Å²) in [5.74, 6) is -0.402. The maximum Gasteiger partial charge on any atom is 0.141 e. The molecule has 0 aromatic heterocycles. The minimum absolute atomic E-state index is 0.133. The molecule has 1 aliphatic heterocycles. The zero-order valence-corrected chi connectivity index (χ0v) is 8.26. The van der Waals surface area contributed by atoms with E-state index < -0.39 is 5.82 Å². The van der Waals surface area contributed by atoms with Crippen molar-refractivity contribution in [1.29, 1.82) is 0 Å². The smallest absolute Gasteiger partial charge is 0.141 e. The van der Waals surface area contributed by atoms with Gasteiger partial charge in [-0.05, 0) is 17.7 Å². The van der Waals surface area contributed by atoms with Gasteiger partial charge in [0.2, 0.25) is 0 Å². The van der Waals surface area contributed by atoms with Gasteiger partial charge in [0.05, 0.1) is 24.8 Å². The molecular weight excluding hydrogens is 207 g/mol. The molecule has 1 fully saturated rings. The lowest BCUT2D eigenvalue weighted by Gasteiger charge is -2.03. The molecule has 0 amide bonds. The van der Waals surface area contributed by atoms with E-state index in [-0.39, 0.29) is 11.1 Å². The van der Waals surface area contributed by atoms with E-state index in [9.17, 15) is 4.39 Å². The molecule has 0 N–H and O–H groups in total. The Morgan fingerprint density at radius 1 is 1.57 bits per heavy atom. The highest BCUT2D eigenvalue weighted by molar-refractivity contribution is 6.30. The van der Waals surface area contributed by atoms with Gasteiger partial charge in [0.15, 0.2) is 0 Å². The van der Waals surface area contributed by atoms with Crippen molar-refractivity contribution in [1.82, 2.24) is 0 Å². The Morgan fingerprint density at radius 3 is 3.00 bits per heavy atom. The first-order chi connectivity index (χ1) is 6.75. The molecule has 0 radical (unpaired) electrons. The Bertz CT molecular complexity index is 326. The molecule has 1 atom stereocenters. The molecule has 2 rings (SSSR count). The molecule has 14 heavy (non-hydrogen) atoms. The average Bonchev–Trinajstić information content (AvgIpc) is 2.95. The lowest BCUT2D eigenvalue weighted by molar-refractivity contribution is 0.104. The summed E-state index contributed by atoms with van der Waals surface area (Å²) in [5, 5.41) is 0.133. The maximum absolute atomic E-state index is 12.8. The molecule has 76 valence electrons. The number of epoxide rings is 1. The first kappa shape index (κ1) is 9.90. The fourth-order valence-electron chi connectivity index (χ4n) is 1.10. The predicted octanol–water partition coefficient (Wildman–Crippen LogP) is 2.39. The van der Waals surface area contributed by atoms with Crippen molar-refractivity contribution in [2.45, 2.75) is 12.7 Å². The van der Waals surface area contributed by atoms with Crippen LogP contribution in [0.5, 0.6) is 0 Å². The summed E-state index contributed by atoms with van der Waals surface area (Å²) >= 11 is 5.61. The van der Waals surface area contributed by atoms with Crippen LogP contribution in [0.25, 0.3) is 0 Å². The van der Waals surface area contributed by atoms with Crippen LogP contribution in [0.2, 0.25) is 5.02 Å². The Balaban J connectivity index is 1.85. The Morgan fingerprint density at radius 2 is 2.36 bits per heavy atom. The molecule has 0 bridgehead atoms. The molecule has 4 heteroatoms. The molecule has 1 aromatic rings. The van der Waals surface area contributed by atoms with E-state index in [0.29, 0.717) is 13.2 Å². The zero-order valence-electron chi connectivity index (χ0n) is 7.50. The third-order valence-electron chi connectivity index (χ3n) is 1.96. The second kappa shape index (κ2) is 4.26. The van der Waals surface area contributed by atoms with Crippen LogP contribution in [0.3, 0.4) is 0 Å². The number of hydrogen-bond donors (Lipinski definition) is 0. The lowest BCUT2D eigenvalue weighted by atomic mass is 10.2. The van der Waals surface area contributed by atoms with Gasteiger partial charge in [0.25, 0.3) is 0 Å². The highest BCUT2D eigenvalue weighted by atomic mass is 35.5. The van der Waals surface area contributed by atoms with Crippen molar-refractivity contribution in [3.05, 3.63) is 34.6 Å². The van der Waals surface area contributed by atoms with Gasteiger partial charge in [-0.1, -0.05) is 17.7 Å². The van der Waals surface area contributed by atoms with Crippen molar-refractivity contribution in [2.24, 2.45) is 0 Å². The zero-order chi connectivity index (χ0) is 9.97. The third kappa shape index (κ3) is 2.67. The van der Waals surface area contributed by atoms with E-state index >= 15 is 0 Å². The Kier molecular flexibility index (Phi) is 3.01. The standard InChI is InChI=1S/C10H10ClFO2/c11-9-3-7(1-2-10(9)12)4-13-5-8-6-14-8/h1-3,8H,4-6H2. The van der Waals surface area contributed by atoms with Gasteiger partial charge >= 0.3 is 0 Å². The van der Waals surface area contributed by atoms with Gasteiger partial charge in [-0.15, -0.1) is 0 Å². The monoisotopic (exact) mass is 216 g/mol. The van der Waals surface area contributed by atoms with Crippen molar-refractivity contribution >= 4 is 11.6 Å². The minimum atomic E-state index is -0.402. The molecule has 0 aliphatic carbocycles. The van der Waals surface area contributed by atoms with Gasteiger partial charge < -0.3 is 9.47 Å². The molecule has 0 saturated carbocycles. The van der Waals surface area contributed by atoms with Crippen LogP contribution in [-0.2, 0) is 16.1 Å². The van der Waals surface area contributed by atoms with Crippen LogP contribution in [0.15, 0.2) is 18.2 Å². The van der Waals surface area contributed by atoms with Crippen molar-refractivity contribution < 1.29 is 13.9 Å². The second-order valence-corrected chi connectivity index (χ2v) is 3.63. The summed E-state index contributed by atoms with van der Waals surface area (Å²) in [6, 6.07) is 4.58. The topological polar surface area (TPSA) is 21.8 Å². The number of halogens is 2. The highest BCUT2D eigenvalue weighted by Crippen LogP contribution is 2.17. The second-order valence-electron chi connectivity index (χ2n) is 3.22. The summed E-state index contributed by atoms with van der Waals surface area (Å²) in [5.41, 5.74) is 0.872. The summed E-state index contributed by atoms with van der Waals surface area (Å²) in [7, 11) is 0. The number of rotatable bonds is 4. The molecule has 1 unspecified atom stereocenters. The SMILES string of the molecule is Fc1ccc(COCC2CO2)cc1Cl. The first-order valence-electron chi connectivity index (χ1n) is 4.39. The third-order valence-corrected chi connectivity index (χ3v) is 2.25. The first-order valence-corrected chi connectivity index (χ1v) is 4.77. The van der Waals surface area contributed by atoms with Crippen LogP contribution in [0.4, 0.5) is 4.39 Å². The molecule has 1 aromatic carbocycles. The van der Waals surface area contributed by atoms with E-state index in [1.54, 1.807) is 12.1 Å². The normalized spacial score (nSPS) is 19.7. The van der Waals surface area contributed by atoms with Crippen molar-refractivity contribution in [2.75, 3.05) is 13.2 Å². The predicted molar refractivity (Wildman–Crippen MR) is 50.8 cm³/mol. The number of benzene rings is 1. The molecule has 1 aliphatic rings. The summed E-state index contributed by atoms with van der Waals surface area (Å²) in [6.07, 6.45) is 0.255. The highest BCUT2D eigenvalue weighted by Gasteiger charge is 2.22. The van der Waals surface area contributed by atoms with E-state index in [4.69, 9.17) is 21.1 Å². The van der Waals surface area contributed by atoms with Gasteiger partial charge in [-0.2, -0.15) is 0 Å². The lowest BCUT2D eigenvalue weighted by Crippen LogP contribution is -2.01. The average molecular weight is 217 g/mol. The summed E-state index contributed by atoms with van der Waals surface area (Å²) in [6.45, 7) is 1.82. The largest absolute Gasteiger partial charge is 0.374 e. The Labute approximate surface area is 86.6 Å². The molecule has 0 spiro atoms. The molecule has 1 heterocycles. The molecule has 1 saturated heterocycles. The van der Waals surface area contributed by atoms with E-state index in [0.717, 1.165) is 12.2 Å². The van der Waals surface area contributed by atoms with Crippen LogP contribution >= 0.6 is 11.6 Å². The van der Waals surface area contributed by atoms with Crippen molar-refractivity contribution in [3.63, 3.8) is 0 Å². The van der Waals surface area contributed by atoms with Crippen LogP contribution in [0.1, 0.15) is 5.56 Å². The van der Waals surface area contributed by atoms with Crippen LogP contribution < -0.4 is 0 Å². The summed E-state index contributed by atoms with van der Waals surface area (Å²) < 4.78 is 23.1. The van der Waals surface area contributed by atoms with E-state index in [2.05, 4.69) is 0 Å². The number of hydrogen-bond acceptors (Lipinski definition) is 2. The maximum atomic E-state index is 12.8. The van der Waals surface area contributed by atoms with Gasteiger partial charge in [0, 0.05) is 0 Å². The van der Waals surface area contributed by atoms with Gasteiger partial charge in [-0.25, -0.2) is 4.39 Å². The van der Waals surface area contributed by atoms with Gasteiger partial charge in [0.1, 0.15) is 11.9 Å². The quantitative estimate of drug-likeness (QED) is 0.721. The molecular formula is C10H10ClFO2.